The summed E-state index contributed by atoms with van der Waals surface area (Å²) in [4.78, 5) is 0. The molecule has 19 heavy (non-hydrogen) atoms. The lowest BCUT2D eigenvalue weighted by atomic mass is 10.0. The van der Waals surface area contributed by atoms with E-state index in [2.05, 4.69) is 60.2 Å². The molecule has 1 aromatic heterocycles. The smallest absolute Gasteiger partial charge is 0.0583 e. The molecule has 2 aromatic carbocycles. The van der Waals surface area contributed by atoms with Gasteiger partial charge in [0.25, 0.3) is 0 Å². The molecule has 0 fully saturated rings. The summed E-state index contributed by atoms with van der Waals surface area (Å²) in [7, 11) is 0. The second-order valence-corrected chi connectivity index (χ2v) is 5.20. The average Bonchev–Trinajstić information content (AvgIpc) is 2.84. The lowest BCUT2D eigenvalue weighted by Gasteiger charge is -2.19. The van der Waals surface area contributed by atoms with Crippen LogP contribution in [0.5, 0.6) is 0 Å². The van der Waals surface area contributed by atoms with Crippen LogP contribution in [0.2, 0.25) is 5.02 Å². The van der Waals surface area contributed by atoms with Crippen LogP contribution in [0, 0.1) is 0 Å². The van der Waals surface area contributed by atoms with Gasteiger partial charge in [-0.2, -0.15) is 0 Å². The van der Waals surface area contributed by atoms with Crippen LogP contribution < -0.4 is 0 Å². The zero-order chi connectivity index (χ0) is 13.2. The Balaban J connectivity index is 2.12. The molecular formula is C17H16ClN. The van der Waals surface area contributed by atoms with Crippen LogP contribution in [0.25, 0.3) is 10.9 Å². The van der Waals surface area contributed by atoms with E-state index in [9.17, 15) is 0 Å². The third-order valence-electron chi connectivity index (χ3n) is 3.59. The molecule has 0 saturated carbocycles. The highest BCUT2D eigenvalue weighted by Gasteiger charge is 2.13. The highest BCUT2D eigenvalue weighted by atomic mass is 35.5. The van der Waals surface area contributed by atoms with Crippen molar-refractivity contribution in [3.63, 3.8) is 0 Å². The van der Waals surface area contributed by atoms with Gasteiger partial charge in [-0.3, -0.25) is 0 Å². The number of benzene rings is 2. The van der Waals surface area contributed by atoms with Gasteiger partial charge in [-0.1, -0.05) is 48.9 Å². The maximum atomic E-state index is 6.05. The number of nitrogens with zero attached hydrogens (tertiary/aromatic N) is 1. The summed E-state index contributed by atoms with van der Waals surface area (Å²) < 4.78 is 2.33. The summed E-state index contributed by atoms with van der Waals surface area (Å²) in [5.74, 6) is 0. The lowest BCUT2D eigenvalue weighted by Crippen LogP contribution is -2.08. The number of halogens is 1. The summed E-state index contributed by atoms with van der Waals surface area (Å²) in [6, 6.07) is 19.2. The summed E-state index contributed by atoms with van der Waals surface area (Å²) >= 11 is 6.05. The van der Waals surface area contributed by atoms with Crippen molar-refractivity contribution in [1.29, 1.82) is 0 Å². The first-order chi connectivity index (χ1) is 9.29. The summed E-state index contributed by atoms with van der Waals surface area (Å²) in [6.45, 7) is 2.22. The van der Waals surface area contributed by atoms with Crippen LogP contribution in [0.4, 0.5) is 0 Å². The molecule has 1 heterocycles. The minimum atomic E-state index is 0.375. The van der Waals surface area contributed by atoms with Gasteiger partial charge >= 0.3 is 0 Å². The molecule has 0 saturated heterocycles. The van der Waals surface area contributed by atoms with Gasteiger partial charge < -0.3 is 4.57 Å². The largest absolute Gasteiger partial charge is 0.340 e. The predicted molar refractivity (Wildman–Crippen MR) is 81.8 cm³/mol. The van der Waals surface area contributed by atoms with E-state index in [1.165, 1.54) is 16.5 Å². The van der Waals surface area contributed by atoms with Crippen LogP contribution in [0.15, 0.2) is 60.8 Å². The second-order valence-electron chi connectivity index (χ2n) is 4.76. The van der Waals surface area contributed by atoms with Crippen molar-refractivity contribution >= 4 is 22.5 Å². The van der Waals surface area contributed by atoms with Crippen molar-refractivity contribution in [2.24, 2.45) is 0 Å². The molecule has 2 heteroatoms. The van der Waals surface area contributed by atoms with Gasteiger partial charge in [-0.25, -0.2) is 0 Å². The molecule has 3 rings (SSSR count). The quantitative estimate of drug-likeness (QED) is 0.608. The van der Waals surface area contributed by atoms with Gasteiger partial charge in [-0.15, -0.1) is 0 Å². The highest BCUT2D eigenvalue weighted by molar-refractivity contribution is 6.31. The monoisotopic (exact) mass is 269 g/mol. The van der Waals surface area contributed by atoms with E-state index in [-0.39, 0.29) is 0 Å². The lowest BCUT2D eigenvalue weighted by molar-refractivity contribution is 0.585. The van der Waals surface area contributed by atoms with Gasteiger partial charge in [-0.05, 0) is 36.2 Å². The van der Waals surface area contributed by atoms with Gasteiger partial charge in [0.15, 0.2) is 0 Å². The molecule has 0 amide bonds. The first-order valence-corrected chi connectivity index (χ1v) is 6.98. The second kappa shape index (κ2) is 5.10. The van der Waals surface area contributed by atoms with Gasteiger partial charge in [0, 0.05) is 22.1 Å². The summed E-state index contributed by atoms with van der Waals surface area (Å²) in [5.41, 5.74) is 2.58. The maximum absolute atomic E-state index is 6.05. The molecule has 0 N–H and O–H groups in total. The minimum absolute atomic E-state index is 0.375. The van der Waals surface area contributed by atoms with Crippen molar-refractivity contribution in [3.8, 4) is 0 Å². The van der Waals surface area contributed by atoms with E-state index in [1.54, 1.807) is 0 Å². The van der Waals surface area contributed by atoms with E-state index in [1.807, 2.05) is 12.1 Å². The van der Waals surface area contributed by atoms with E-state index >= 15 is 0 Å². The van der Waals surface area contributed by atoms with Crippen molar-refractivity contribution in [1.82, 2.24) is 4.57 Å². The molecule has 0 aliphatic heterocycles. The average molecular weight is 270 g/mol. The van der Waals surface area contributed by atoms with Crippen LogP contribution in [-0.2, 0) is 0 Å². The summed E-state index contributed by atoms with van der Waals surface area (Å²) in [6.07, 6.45) is 3.22. The van der Waals surface area contributed by atoms with Crippen LogP contribution >= 0.6 is 11.6 Å². The first-order valence-electron chi connectivity index (χ1n) is 6.60. The zero-order valence-electron chi connectivity index (χ0n) is 10.9. The number of fused-ring (bicyclic) bond motifs is 1. The van der Waals surface area contributed by atoms with Gasteiger partial charge in [0.2, 0.25) is 0 Å². The van der Waals surface area contributed by atoms with E-state index < -0.39 is 0 Å². The van der Waals surface area contributed by atoms with Crippen LogP contribution in [0.3, 0.4) is 0 Å². The molecule has 3 aromatic rings. The van der Waals surface area contributed by atoms with Crippen LogP contribution in [0.1, 0.15) is 24.9 Å². The van der Waals surface area contributed by atoms with E-state index in [0.717, 1.165) is 11.4 Å². The van der Waals surface area contributed by atoms with E-state index in [0.29, 0.717) is 6.04 Å². The van der Waals surface area contributed by atoms with Crippen molar-refractivity contribution < 1.29 is 0 Å². The standard InChI is InChI=1S/C17H16ClN/c1-2-16(13-6-4-3-5-7-13)19-11-10-14-12-15(18)8-9-17(14)19/h3-12,16H,2H2,1H3. The SMILES string of the molecule is CCC(c1ccccc1)n1ccc2cc(Cl)ccc21. The van der Waals surface area contributed by atoms with E-state index in [4.69, 9.17) is 11.6 Å². The normalized spacial score (nSPS) is 12.7. The molecular weight excluding hydrogens is 254 g/mol. The fourth-order valence-corrected chi connectivity index (χ4v) is 2.86. The topological polar surface area (TPSA) is 4.93 Å². The minimum Gasteiger partial charge on any atom is -0.340 e. The van der Waals surface area contributed by atoms with Gasteiger partial charge in [0.1, 0.15) is 0 Å². The third-order valence-corrected chi connectivity index (χ3v) is 3.82. The Labute approximate surface area is 118 Å². The van der Waals surface area contributed by atoms with Crippen LogP contribution in [-0.4, -0.2) is 4.57 Å². The molecule has 1 atom stereocenters. The molecule has 0 aliphatic carbocycles. The Morgan fingerprint density at radius 3 is 2.58 bits per heavy atom. The number of aromatic nitrogens is 1. The molecule has 1 nitrogen and oxygen atoms in total. The Bertz CT molecular complexity index is 685. The molecule has 0 spiro atoms. The molecule has 0 bridgehead atoms. The Hall–Kier alpha value is -1.73. The first kappa shape index (κ1) is 12.3. The van der Waals surface area contributed by atoms with Crippen molar-refractivity contribution in [2.45, 2.75) is 19.4 Å². The molecule has 96 valence electrons. The molecule has 1 unspecified atom stereocenters. The number of hydrogen-bond acceptors (Lipinski definition) is 0. The number of hydrogen-bond donors (Lipinski definition) is 0. The van der Waals surface area contributed by atoms with Crippen molar-refractivity contribution in [2.75, 3.05) is 0 Å². The van der Waals surface area contributed by atoms with Gasteiger partial charge in [0.05, 0.1) is 6.04 Å². The third kappa shape index (κ3) is 2.26. The molecule has 0 radical (unpaired) electrons. The number of rotatable bonds is 3. The highest BCUT2D eigenvalue weighted by Crippen LogP contribution is 2.28. The predicted octanol–water partition coefficient (Wildman–Crippen LogP) is 5.29. The fraction of sp³-hybridized carbons (Fsp3) is 0.176. The zero-order valence-corrected chi connectivity index (χ0v) is 11.6. The Morgan fingerprint density at radius 1 is 1.05 bits per heavy atom. The fourth-order valence-electron chi connectivity index (χ4n) is 2.67. The van der Waals surface area contributed by atoms with Crippen molar-refractivity contribution in [3.05, 3.63) is 71.4 Å². The Kier molecular flexibility index (Phi) is 3.31. The molecule has 0 aliphatic rings. The Morgan fingerprint density at radius 2 is 1.84 bits per heavy atom. The summed E-state index contributed by atoms with van der Waals surface area (Å²) in [5, 5.41) is 1.99. The maximum Gasteiger partial charge on any atom is 0.0583 e.